The summed E-state index contributed by atoms with van der Waals surface area (Å²) in [6, 6.07) is 0. The maximum atomic E-state index is 11.8. The van der Waals surface area contributed by atoms with Crippen LogP contribution in [0.5, 0.6) is 0 Å². The van der Waals surface area contributed by atoms with E-state index in [1.165, 1.54) is 44.9 Å². The Hall–Kier alpha value is -0.180. The monoisotopic (exact) mass is 411 g/mol. The van der Waals surface area contributed by atoms with Gasteiger partial charge in [-0.15, -0.1) is 9.05 Å². The van der Waals surface area contributed by atoms with Crippen LogP contribution in [0.25, 0.3) is 0 Å². The van der Waals surface area contributed by atoms with Crippen LogP contribution in [0, 0.1) is 0 Å². The van der Waals surface area contributed by atoms with Crippen LogP contribution in [0.1, 0.15) is 71.1 Å². The zero-order valence-electron chi connectivity index (χ0n) is 16.2. The van der Waals surface area contributed by atoms with Crippen molar-refractivity contribution in [2.45, 2.75) is 108 Å². The zero-order chi connectivity index (χ0) is 20.2. The molecule has 1 saturated carbocycles. The molecule has 3 unspecified atom stereocenters. The van der Waals surface area contributed by atoms with E-state index in [1.807, 2.05) is 0 Å². The molecule has 0 amide bonds. The lowest BCUT2D eigenvalue weighted by atomic mass is 9.85. The van der Waals surface area contributed by atoms with Crippen LogP contribution in [0.3, 0.4) is 0 Å². The van der Waals surface area contributed by atoms with Crippen molar-refractivity contribution in [1.82, 2.24) is 0 Å². The lowest BCUT2D eigenvalue weighted by Crippen LogP contribution is -2.63. The van der Waals surface area contributed by atoms with Gasteiger partial charge < -0.3 is 25.5 Å². The predicted molar refractivity (Wildman–Crippen MR) is 100 cm³/mol. The van der Waals surface area contributed by atoms with Gasteiger partial charge in [-0.3, -0.25) is 0 Å². The van der Waals surface area contributed by atoms with E-state index in [1.54, 1.807) is 0 Å². The van der Waals surface area contributed by atoms with E-state index in [2.05, 4.69) is 6.92 Å². The van der Waals surface area contributed by atoms with Crippen molar-refractivity contribution in [2.75, 3.05) is 6.61 Å². The molecule has 160 valence electrons. The second kappa shape index (κ2) is 13.9. The Morgan fingerprint density at radius 3 is 1.56 bits per heavy atom. The minimum Gasteiger partial charge on any atom is -0.387 e. The lowest BCUT2D eigenvalue weighted by Gasteiger charge is -2.38. The molecule has 9 heteroatoms. The second-order valence-electron chi connectivity index (χ2n) is 7.26. The van der Waals surface area contributed by atoms with Gasteiger partial charge in [0.2, 0.25) is 0 Å². The molecule has 0 saturated heterocycles. The summed E-state index contributed by atoms with van der Waals surface area (Å²) >= 11 is 0. The number of hydrogen-bond acceptors (Lipinski definition) is 8. The highest BCUT2D eigenvalue weighted by atomic mass is 31.1. The summed E-state index contributed by atoms with van der Waals surface area (Å²) in [5.74, 6) is 0. The third kappa shape index (κ3) is 8.79. The molecule has 27 heavy (non-hydrogen) atoms. The third-order valence-corrected chi connectivity index (χ3v) is 5.78. The van der Waals surface area contributed by atoms with Crippen molar-refractivity contribution in [1.29, 1.82) is 0 Å². The number of aliphatic hydroxyl groups is 5. The van der Waals surface area contributed by atoms with Gasteiger partial charge in [0, 0.05) is 4.57 Å². The molecule has 7 atom stereocenters. The average molecular weight is 411 g/mol. The molecule has 0 aliphatic heterocycles. The SMILES string of the molecule is CCCCCCCCCCCCO[P+](=O)OC1[C@@H](O)[C@H](O)C(O)[C@H](O)[C@@H]1O. The number of aliphatic hydroxyl groups excluding tert-OH is 5. The van der Waals surface area contributed by atoms with Gasteiger partial charge in [-0.2, -0.15) is 0 Å². The van der Waals surface area contributed by atoms with E-state index < -0.39 is 44.9 Å². The highest BCUT2D eigenvalue weighted by Gasteiger charge is 2.52. The molecule has 0 aromatic rings. The molecule has 1 rings (SSSR count). The van der Waals surface area contributed by atoms with Crippen molar-refractivity contribution in [2.24, 2.45) is 0 Å². The van der Waals surface area contributed by atoms with E-state index in [0.717, 1.165) is 19.3 Å². The van der Waals surface area contributed by atoms with Crippen LogP contribution < -0.4 is 0 Å². The molecule has 0 radical (unpaired) electrons. The summed E-state index contributed by atoms with van der Waals surface area (Å²) in [4.78, 5) is 0. The largest absolute Gasteiger partial charge is 0.697 e. The minimum atomic E-state index is -2.62. The van der Waals surface area contributed by atoms with Gasteiger partial charge in [-0.05, 0) is 6.42 Å². The van der Waals surface area contributed by atoms with Crippen LogP contribution in [-0.4, -0.2) is 68.8 Å². The highest BCUT2D eigenvalue weighted by molar-refractivity contribution is 7.33. The quantitative estimate of drug-likeness (QED) is 0.216. The van der Waals surface area contributed by atoms with E-state index in [4.69, 9.17) is 9.05 Å². The summed E-state index contributed by atoms with van der Waals surface area (Å²) in [7, 11) is -2.62. The van der Waals surface area contributed by atoms with Crippen molar-refractivity contribution >= 4 is 8.25 Å². The summed E-state index contributed by atoms with van der Waals surface area (Å²) < 4.78 is 21.8. The lowest BCUT2D eigenvalue weighted by molar-refractivity contribution is -0.217. The van der Waals surface area contributed by atoms with E-state index >= 15 is 0 Å². The van der Waals surface area contributed by atoms with Gasteiger partial charge in [0.15, 0.2) is 6.10 Å². The molecular formula is C18H36O8P+. The Morgan fingerprint density at radius 1 is 0.667 bits per heavy atom. The smallest absolute Gasteiger partial charge is 0.387 e. The Labute approximate surface area is 162 Å². The van der Waals surface area contributed by atoms with E-state index in [0.29, 0.717) is 0 Å². The fraction of sp³-hybridized carbons (Fsp3) is 1.00. The standard InChI is InChI=1S/C18H36O8P/c1-2-3-4-5-6-7-8-9-10-11-12-25-27(24)26-18-16(22)14(20)13(19)15(21)17(18)23/h13-23H,2-12H2,1H3/q+1/t13?,14-,15+,16-,17-,18?/m0/s1. The van der Waals surface area contributed by atoms with Gasteiger partial charge in [0.25, 0.3) is 0 Å². The Bertz CT molecular complexity index is 395. The topological polar surface area (TPSA) is 137 Å². The molecule has 0 heterocycles. The molecule has 0 spiro atoms. The van der Waals surface area contributed by atoms with Gasteiger partial charge in [0.1, 0.15) is 37.1 Å². The summed E-state index contributed by atoms with van der Waals surface area (Å²) in [6.45, 7) is 2.43. The molecule has 1 fully saturated rings. The Kier molecular flexibility index (Phi) is 12.8. The van der Waals surface area contributed by atoms with Gasteiger partial charge in [-0.25, -0.2) is 0 Å². The van der Waals surface area contributed by atoms with E-state index in [9.17, 15) is 30.1 Å². The van der Waals surface area contributed by atoms with Crippen LogP contribution >= 0.6 is 8.25 Å². The van der Waals surface area contributed by atoms with Crippen molar-refractivity contribution in [3.63, 3.8) is 0 Å². The van der Waals surface area contributed by atoms with Crippen molar-refractivity contribution < 1.29 is 39.1 Å². The first kappa shape index (κ1) is 24.9. The summed E-state index contributed by atoms with van der Waals surface area (Å²) in [5.41, 5.74) is 0. The zero-order valence-corrected chi connectivity index (χ0v) is 17.0. The normalized spacial score (nSPS) is 31.9. The van der Waals surface area contributed by atoms with E-state index in [-0.39, 0.29) is 6.61 Å². The predicted octanol–water partition coefficient (Wildman–Crippen LogP) is 1.78. The molecule has 5 N–H and O–H groups in total. The minimum absolute atomic E-state index is 0.221. The molecule has 1 aliphatic carbocycles. The number of rotatable bonds is 14. The molecule has 8 nitrogen and oxygen atoms in total. The summed E-state index contributed by atoms with van der Waals surface area (Å²) in [6.07, 6.45) is 1.63. The van der Waals surface area contributed by atoms with Crippen LogP contribution in [-0.2, 0) is 13.6 Å². The first-order valence-electron chi connectivity index (χ1n) is 10.1. The maximum Gasteiger partial charge on any atom is 0.697 e. The molecule has 0 aromatic carbocycles. The first-order chi connectivity index (χ1) is 12.9. The van der Waals surface area contributed by atoms with Crippen LogP contribution in [0.2, 0.25) is 0 Å². The van der Waals surface area contributed by atoms with Gasteiger partial charge >= 0.3 is 8.25 Å². The first-order valence-corrected chi connectivity index (χ1v) is 11.2. The fourth-order valence-corrected chi connectivity index (χ4v) is 3.97. The number of hydrogen-bond donors (Lipinski definition) is 5. The molecule has 0 bridgehead atoms. The maximum absolute atomic E-state index is 11.8. The van der Waals surface area contributed by atoms with Crippen LogP contribution in [0.4, 0.5) is 0 Å². The highest BCUT2D eigenvalue weighted by Crippen LogP contribution is 2.33. The van der Waals surface area contributed by atoms with Crippen molar-refractivity contribution in [3.05, 3.63) is 0 Å². The average Bonchev–Trinajstić information content (AvgIpc) is 2.66. The third-order valence-electron chi connectivity index (χ3n) is 4.98. The Balaban J connectivity index is 2.10. The Morgan fingerprint density at radius 2 is 1.07 bits per heavy atom. The second-order valence-corrected chi connectivity index (χ2v) is 8.18. The summed E-state index contributed by atoms with van der Waals surface area (Å²) in [5, 5.41) is 48.3. The fourth-order valence-electron chi connectivity index (χ4n) is 3.18. The molecule has 1 aliphatic rings. The van der Waals surface area contributed by atoms with Gasteiger partial charge in [-0.1, -0.05) is 64.7 Å². The molecular weight excluding hydrogens is 375 g/mol. The van der Waals surface area contributed by atoms with Crippen molar-refractivity contribution in [3.8, 4) is 0 Å². The van der Waals surface area contributed by atoms with Gasteiger partial charge in [0.05, 0.1) is 0 Å². The van der Waals surface area contributed by atoms with Crippen LogP contribution in [0.15, 0.2) is 0 Å². The molecule has 0 aromatic heterocycles. The number of unbranched alkanes of at least 4 members (excludes halogenated alkanes) is 9.